The summed E-state index contributed by atoms with van der Waals surface area (Å²) in [5, 5.41) is 0. The van der Waals surface area contributed by atoms with Gasteiger partial charge in [-0.25, -0.2) is 8.78 Å². The predicted molar refractivity (Wildman–Crippen MR) is 48.3 cm³/mol. The first kappa shape index (κ1) is 11.5. The molecule has 3 N–H and O–H groups in total. The minimum Gasteiger partial charge on any atom is -0.368 e. The second-order valence-electron chi connectivity index (χ2n) is 2.81. The number of hydroxylamine groups is 1. The Labute approximate surface area is 85.0 Å². The summed E-state index contributed by atoms with van der Waals surface area (Å²) in [5.74, 6) is -1.96. The third kappa shape index (κ3) is 4.01. The summed E-state index contributed by atoms with van der Waals surface area (Å²) in [6.45, 7) is -0.276. The Kier molecular flexibility index (Phi) is 4.14. The number of carbonyl (C=O) groups is 1. The molecule has 0 aliphatic carbocycles. The summed E-state index contributed by atoms with van der Waals surface area (Å²) in [4.78, 5) is 14.9. The fourth-order valence-corrected chi connectivity index (χ4v) is 0.916. The number of hydrogen-bond acceptors (Lipinski definition) is 3. The number of halogens is 2. The largest absolute Gasteiger partial charge is 0.368 e. The maximum Gasteiger partial charge on any atom is 0.245 e. The van der Waals surface area contributed by atoms with E-state index in [0.717, 1.165) is 12.1 Å². The van der Waals surface area contributed by atoms with E-state index in [4.69, 9.17) is 5.73 Å². The van der Waals surface area contributed by atoms with Crippen molar-refractivity contribution in [3.63, 3.8) is 0 Å². The fourth-order valence-electron chi connectivity index (χ4n) is 0.916. The first-order valence-electron chi connectivity index (χ1n) is 4.16. The number of nitrogens with two attached hydrogens (primary N) is 1. The van der Waals surface area contributed by atoms with Crippen molar-refractivity contribution in [2.45, 2.75) is 6.54 Å². The molecular weight excluding hydrogens is 206 g/mol. The Morgan fingerprint density at radius 2 is 2.20 bits per heavy atom. The monoisotopic (exact) mass is 216 g/mol. The number of carbonyl (C=O) groups excluding carboxylic acids is 1. The summed E-state index contributed by atoms with van der Waals surface area (Å²) in [6, 6.07) is 3.19. The second kappa shape index (κ2) is 5.38. The van der Waals surface area contributed by atoms with Crippen molar-refractivity contribution in [2.75, 3.05) is 6.61 Å². The molecule has 82 valence electrons. The van der Waals surface area contributed by atoms with Gasteiger partial charge in [0.05, 0.1) is 0 Å². The molecule has 0 fully saturated rings. The first-order valence-corrected chi connectivity index (χ1v) is 4.16. The minimum absolute atomic E-state index is 0.0272. The Morgan fingerprint density at radius 1 is 1.47 bits per heavy atom. The molecular formula is C9H10F2N2O2. The predicted octanol–water partition coefficient (Wildman–Crippen LogP) is 0.471. The van der Waals surface area contributed by atoms with E-state index >= 15 is 0 Å². The molecule has 0 unspecified atom stereocenters. The molecule has 0 atom stereocenters. The van der Waals surface area contributed by atoms with Crippen molar-refractivity contribution in [2.24, 2.45) is 5.73 Å². The van der Waals surface area contributed by atoms with Crippen LogP contribution >= 0.6 is 0 Å². The Hall–Kier alpha value is -1.53. The van der Waals surface area contributed by atoms with Gasteiger partial charge in [0.2, 0.25) is 5.91 Å². The van der Waals surface area contributed by atoms with Crippen LogP contribution in [0.5, 0.6) is 0 Å². The highest BCUT2D eigenvalue weighted by molar-refractivity contribution is 5.74. The van der Waals surface area contributed by atoms with Crippen LogP contribution in [-0.2, 0) is 16.2 Å². The third-order valence-corrected chi connectivity index (χ3v) is 1.59. The molecule has 0 saturated heterocycles. The standard InChI is InChI=1S/C9H10F2N2O2/c10-7-2-1-6(8(11)3-7)4-13-15-5-9(12)14/h1-3,13H,4-5H2,(H2,12,14). The van der Waals surface area contributed by atoms with E-state index in [1.54, 1.807) is 0 Å². The van der Waals surface area contributed by atoms with Crippen molar-refractivity contribution in [1.29, 1.82) is 0 Å². The number of hydrogen-bond donors (Lipinski definition) is 2. The lowest BCUT2D eigenvalue weighted by molar-refractivity contribution is -0.125. The van der Waals surface area contributed by atoms with Gasteiger partial charge in [-0.3, -0.25) is 9.63 Å². The van der Waals surface area contributed by atoms with Crippen LogP contribution in [0.2, 0.25) is 0 Å². The van der Waals surface area contributed by atoms with Crippen molar-refractivity contribution < 1.29 is 18.4 Å². The van der Waals surface area contributed by atoms with Crippen molar-refractivity contribution >= 4 is 5.91 Å². The molecule has 0 bridgehead atoms. The SMILES string of the molecule is NC(=O)CONCc1ccc(F)cc1F. The maximum atomic E-state index is 13.0. The van der Waals surface area contributed by atoms with E-state index < -0.39 is 17.5 Å². The zero-order valence-electron chi connectivity index (χ0n) is 7.80. The third-order valence-electron chi connectivity index (χ3n) is 1.59. The van der Waals surface area contributed by atoms with Gasteiger partial charge < -0.3 is 5.73 Å². The highest BCUT2D eigenvalue weighted by atomic mass is 19.1. The highest BCUT2D eigenvalue weighted by Gasteiger charge is 2.03. The van der Waals surface area contributed by atoms with Crippen LogP contribution in [0.4, 0.5) is 8.78 Å². The minimum atomic E-state index is -0.676. The first-order chi connectivity index (χ1) is 7.09. The molecule has 6 heteroatoms. The van der Waals surface area contributed by atoms with Gasteiger partial charge >= 0.3 is 0 Å². The average molecular weight is 216 g/mol. The molecule has 0 aliphatic rings. The Bertz CT molecular complexity index is 358. The molecule has 4 nitrogen and oxygen atoms in total. The number of primary amides is 1. The molecule has 0 aliphatic heterocycles. The summed E-state index contributed by atoms with van der Waals surface area (Å²) in [6.07, 6.45) is 0. The molecule has 0 spiro atoms. The van der Waals surface area contributed by atoms with Gasteiger partial charge in [0.25, 0.3) is 0 Å². The highest BCUT2D eigenvalue weighted by Crippen LogP contribution is 2.08. The van der Waals surface area contributed by atoms with Crippen LogP contribution < -0.4 is 11.2 Å². The van der Waals surface area contributed by atoms with E-state index in [1.165, 1.54) is 6.07 Å². The van der Waals surface area contributed by atoms with E-state index in [0.29, 0.717) is 0 Å². The second-order valence-corrected chi connectivity index (χ2v) is 2.81. The maximum absolute atomic E-state index is 13.0. The normalized spacial score (nSPS) is 10.3. The summed E-state index contributed by atoms with van der Waals surface area (Å²) < 4.78 is 25.5. The van der Waals surface area contributed by atoms with Crippen LogP contribution in [0.3, 0.4) is 0 Å². The van der Waals surface area contributed by atoms with Crippen LogP contribution in [0.25, 0.3) is 0 Å². The lowest BCUT2D eigenvalue weighted by Gasteiger charge is -2.05. The molecule has 15 heavy (non-hydrogen) atoms. The fraction of sp³-hybridized carbons (Fsp3) is 0.222. The quantitative estimate of drug-likeness (QED) is 0.555. The molecule has 0 saturated carbocycles. The van der Waals surface area contributed by atoms with Gasteiger partial charge in [0, 0.05) is 18.2 Å². The van der Waals surface area contributed by atoms with Gasteiger partial charge in [-0.2, -0.15) is 5.48 Å². The van der Waals surface area contributed by atoms with E-state index in [9.17, 15) is 13.6 Å². The van der Waals surface area contributed by atoms with Crippen LogP contribution in [-0.4, -0.2) is 12.5 Å². The Balaban J connectivity index is 2.40. The summed E-state index contributed by atoms with van der Waals surface area (Å²) >= 11 is 0. The van der Waals surface area contributed by atoms with Gasteiger partial charge in [0.15, 0.2) is 0 Å². The molecule has 1 aromatic carbocycles. The van der Waals surface area contributed by atoms with Crippen molar-refractivity contribution in [3.8, 4) is 0 Å². The molecule has 1 aromatic rings. The van der Waals surface area contributed by atoms with Crippen molar-refractivity contribution in [1.82, 2.24) is 5.48 Å². The number of benzene rings is 1. The average Bonchev–Trinajstić information content (AvgIpc) is 2.14. The molecule has 0 radical (unpaired) electrons. The summed E-state index contributed by atoms with van der Waals surface area (Å²) in [7, 11) is 0. The van der Waals surface area contributed by atoms with E-state index in [1.807, 2.05) is 0 Å². The topological polar surface area (TPSA) is 64.4 Å². The van der Waals surface area contributed by atoms with Gasteiger partial charge in [0.1, 0.15) is 18.2 Å². The lowest BCUT2D eigenvalue weighted by atomic mass is 10.2. The zero-order valence-corrected chi connectivity index (χ0v) is 7.80. The lowest BCUT2D eigenvalue weighted by Crippen LogP contribution is -2.24. The van der Waals surface area contributed by atoms with Crippen LogP contribution in [0, 0.1) is 11.6 Å². The molecule has 0 heterocycles. The van der Waals surface area contributed by atoms with Crippen LogP contribution in [0.1, 0.15) is 5.56 Å². The van der Waals surface area contributed by atoms with E-state index in [2.05, 4.69) is 10.3 Å². The van der Waals surface area contributed by atoms with Gasteiger partial charge in [-0.15, -0.1) is 0 Å². The smallest absolute Gasteiger partial charge is 0.245 e. The zero-order chi connectivity index (χ0) is 11.3. The number of nitrogens with one attached hydrogen (secondary N) is 1. The van der Waals surface area contributed by atoms with Crippen molar-refractivity contribution in [3.05, 3.63) is 35.4 Å². The number of amides is 1. The van der Waals surface area contributed by atoms with E-state index in [-0.39, 0.29) is 18.7 Å². The van der Waals surface area contributed by atoms with Crippen LogP contribution in [0.15, 0.2) is 18.2 Å². The van der Waals surface area contributed by atoms with Gasteiger partial charge in [-0.05, 0) is 6.07 Å². The molecule has 1 amide bonds. The molecule has 1 rings (SSSR count). The van der Waals surface area contributed by atoms with Gasteiger partial charge in [-0.1, -0.05) is 6.07 Å². The molecule has 0 aromatic heterocycles. The summed E-state index contributed by atoms with van der Waals surface area (Å²) in [5.41, 5.74) is 7.36. The Morgan fingerprint density at radius 3 is 2.80 bits per heavy atom. The number of rotatable bonds is 5.